The summed E-state index contributed by atoms with van der Waals surface area (Å²) >= 11 is 0. The monoisotopic (exact) mass is 761 g/mol. The van der Waals surface area contributed by atoms with Gasteiger partial charge in [-0.25, -0.2) is 0 Å². The quantitative estimate of drug-likeness (QED) is 0.0832. The molecular weight excluding hydrogens is 700 g/mol. The van der Waals surface area contributed by atoms with Gasteiger partial charge in [0, 0.05) is 17.1 Å². The first-order chi connectivity index (χ1) is 27.2. The molecule has 57 heavy (non-hydrogen) atoms. The van der Waals surface area contributed by atoms with E-state index in [9.17, 15) is 0 Å². The number of unbranched alkanes of at least 4 members (excludes halogenated alkanes) is 5. The summed E-state index contributed by atoms with van der Waals surface area (Å²) in [4.78, 5) is 2.29. The maximum absolute atomic E-state index is 6.38. The van der Waals surface area contributed by atoms with E-state index in [1.54, 1.807) is 0 Å². The van der Waals surface area contributed by atoms with Gasteiger partial charge < -0.3 is 23.5 Å². The summed E-state index contributed by atoms with van der Waals surface area (Å²) in [7, 11) is -0.847. The highest BCUT2D eigenvalue weighted by molar-refractivity contribution is 6.62. The zero-order valence-corrected chi connectivity index (χ0v) is 35.7. The van der Waals surface area contributed by atoms with E-state index in [4.69, 9.17) is 18.6 Å². The van der Waals surface area contributed by atoms with Crippen LogP contribution in [-0.2, 0) is 25.0 Å². The molecule has 0 aromatic heterocycles. The van der Waals surface area contributed by atoms with E-state index < -0.39 is 36.6 Å². The lowest BCUT2D eigenvalue weighted by molar-refractivity contribution is 0.00578. The third-order valence-electron chi connectivity index (χ3n) is 12.8. The summed E-state index contributed by atoms with van der Waals surface area (Å²) in [5, 5.41) is 0. The predicted octanol–water partition coefficient (Wildman–Crippen LogP) is 12.0. The van der Waals surface area contributed by atoms with Crippen molar-refractivity contribution < 1.29 is 18.6 Å². The lowest BCUT2D eigenvalue weighted by Crippen LogP contribution is -2.41. The minimum absolute atomic E-state index is 0.404. The molecule has 5 aromatic carbocycles. The molecule has 0 saturated carbocycles. The highest BCUT2D eigenvalue weighted by atomic mass is 16.7. The van der Waals surface area contributed by atoms with Crippen LogP contribution in [0.3, 0.4) is 0 Å². The Morgan fingerprint density at radius 2 is 0.772 bits per heavy atom. The van der Waals surface area contributed by atoms with Crippen molar-refractivity contribution in [2.75, 3.05) is 4.90 Å². The molecule has 2 saturated heterocycles. The van der Waals surface area contributed by atoms with Crippen molar-refractivity contribution in [3.8, 4) is 22.3 Å². The normalized spacial score (nSPS) is 17.9. The minimum Gasteiger partial charge on any atom is -0.399 e. The van der Waals surface area contributed by atoms with E-state index in [0.29, 0.717) is 0 Å². The molecule has 2 aliphatic heterocycles. The van der Waals surface area contributed by atoms with Gasteiger partial charge in [0.1, 0.15) is 0 Å². The van der Waals surface area contributed by atoms with E-state index in [-0.39, 0.29) is 0 Å². The number of aryl methyl sites for hydroxylation is 1. The standard InChI is InChI=1S/C50H61B2NO4/c1-10-11-12-13-14-15-18-37-21-23-38(24-22-37)45-19-16-17-20-46(45)39-25-31-42(32-26-39)53(43-33-27-40(28-34-43)51-54-47(2,3)48(4,5)55-51)44-35-29-41(30-36-44)52-56-49(6,7)50(8,9)57-52/h16-17,19-36H,10-15,18H2,1-9H3. The van der Waals surface area contributed by atoms with Crippen LogP contribution < -0.4 is 15.8 Å². The highest BCUT2D eigenvalue weighted by Gasteiger charge is 2.52. The molecule has 0 amide bonds. The zero-order chi connectivity index (χ0) is 40.4. The molecule has 0 radical (unpaired) electrons. The van der Waals surface area contributed by atoms with Crippen LogP contribution in [0.4, 0.5) is 17.1 Å². The van der Waals surface area contributed by atoms with Crippen LogP contribution in [-0.4, -0.2) is 36.6 Å². The summed E-state index contributed by atoms with van der Waals surface area (Å²) in [5.41, 5.74) is 9.80. The SMILES string of the molecule is CCCCCCCCc1ccc(-c2ccccc2-c2ccc(N(c3ccc(B4OC(C)(C)C(C)(C)O4)cc3)c3ccc(B4OC(C)(C)C(C)(C)O4)cc3)cc2)cc1. The molecular formula is C50H61B2NO4. The molecule has 296 valence electrons. The molecule has 0 unspecified atom stereocenters. The van der Waals surface area contributed by atoms with Crippen LogP contribution in [0.1, 0.15) is 106 Å². The zero-order valence-electron chi connectivity index (χ0n) is 35.7. The number of rotatable bonds is 14. The molecule has 7 rings (SSSR count). The molecule has 7 heteroatoms. The fourth-order valence-electron chi connectivity index (χ4n) is 7.70. The molecule has 0 atom stereocenters. The highest BCUT2D eigenvalue weighted by Crippen LogP contribution is 2.40. The van der Waals surface area contributed by atoms with Gasteiger partial charge >= 0.3 is 14.2 Å². The van der Waals surface area contributed by atoms with Crippen molar-refractivity contribution in [1.29, 1.82) is 0 Å². The largest absolute Gasteiger partial charge is 0.494 e. The van der Waals surface area contributed by atoms with E-state index in [1.807, 2.05) is 0 Å². The van der Waals surface area contributed by atoms with E-state index in [0.717, 1.165) is 34.4 Å². The maximum Gasteiger partial charge on any atom is 0.494 e. The molecule has 0 spiro atoms. The van der Waals surface area contributed by atoms with Crippen molar-refractivity contribution in [1.82, 2.24) is 0 Å². The first-order valence-corrected chi connectivity index (χ1v) is 21.2. The van der Waals surface area contributed by atoms with Crippen molar-refractivity contribution in [2.24, 2.45) is 0 Å². The van der Waals surface area contributed by atoms with Crippen LogP contribution >= 0.6 is 0 Å². The Morgan fingerprint density at radius 3 is 1.18 bits per heavy atom. The third kappa shape index (κ3) is 8.83. The lowest BCUT2D eigenvalue weighted by atomic mass is 9.79. The Kier molecular flexibility index (Phi) is 12.0. The molecule has 0 aliphatic carbocycles. The Morgan fingerprint density at radius 1 is 0.421 bits per heavy atom. The molecule has 0 N–H and O–H groups in total. The van der Waals surface area contributed by atoms with Gasteiger partial charge in [-0.2, -0.15) is 0 Å². The third-order valence-corrected chi connectivity index (χ3v) is 12.8. The average Bonchev–Trinajstić information content (AvgIpc) is 3.56. The molecule has 2 aliphatic rings. The summed E-state index contributed by atoms with van der Waals surface area (Å²) in [6.45, 7) is 19.0. The van der Waals surface area contributed by atoms with E-state index >= 15 is 0 Å². The fraction of sp³-hybridized carbons (Fsp3) is 0.400. The first kappa shape index (κ1) is 41.0. The molecule has 2 heterocycles. The fourth-order valence-corrected chi connectivity index (χ4v) is 7.70. The van der Waals surface area contributed by atoms with Crippen LogP contribution in [0.15, 0.2) is 121 Å². The summed E-state index contributed by atoms with van der Waals surface area (Å²) in [5.74, 6) is 0. The van der Waals surface area contributed by atoms with Crippen LogP contribution in [0.5, 0.6) is 0 Å². The molecule has 0 bridgehead atoms. The molecule has 5 aromatic rings. The van der Waals surface area contributed by atoms with Crippen LogP contribution in [0, 0.1) is 0 Å². The summed E-state index contributed by atoms with van der Waals surface area (Å²) in [6, 6.07) is 44.0. The van der Waals surface area contributed by atoms with Crippen molar-refractivity contribution >= 4 is 42.2 Å². The van der Waals surface area contributed by atoms with Gasteiger partial charge in [0.2, 0.25) is 0 Å². The summed E-state index contributed by atoms with van der Waals surface area (Å²) < 4.78 is 25.5. The second-order valence-corrected chi connectivity index (χ2v) is 18.0. The van der Waals surface area contributed by atoms with Crippen molar-refractivity contribution in [3.63, 3.8) is 0 Å². The number of nitrogens with zero attached hydrogens (tertiary/aromatic N) is 1. The van der Waals surface area contributed by atoms with E-state index in [2.05, 4.69) is 189 Å². The Hall–Kier alpha value is -4.13. The molecule has 2 fully saturated rings. The molecule has 5 nitrogen and oxygen atoms in total. The lowest BCUT2D eigenvalue weighted by Gasteiger charge is -2.32. The first-order valence-electron chi connectivity index (χ1n) is 21.2. The second-order valence-electron chi connectivity index (χ2n) is 18.0. The van der Waals surface area contributed by atoms with E-state index in [1.165, 1.54) is 66.3 Å². The Labute approximate surface area is 343 Å². The summed E-state index contributed by atoms with van der Waals surface area (Å²) in [6.07, 6.45) is 9.08. The minimum atomic E-state index is -0.424. The van der Waals surface area contributed by atoms with Crippen LogP contribution in [0.25, 0.3) is 22.3 Å². The Bertz CT molecular complexity index is 1980. The van der Waals surface area contributed by atoms with Gasteiger partial charge in [0.15, 0.2) is 0 Å². The number of hydrogen-bond acceptors (Lipinski definition) is 5. The van der Waals surface area contributed by atoms with Crippen molar-refractivity contribution in [2.45, 2.75) is 130 Å². The second kappa shape index (κ2) is 16.6. The maximum atomic E-state index is 6.38. The van der Waals surface area contributed by atoms with Crippen molar-refractivity contribution in [3.05, 3.63) is 127 Å². The number of benzene rings is 5. The topological polar surface area (TPSA) is 40.2 Å². The van der Waals surface area contributed by atoms with Gasteiger partial charge in [-0.1, -0.05) is 124 Å². The number of anilines is 3. The van der Waals surface area contributed by atoms with Gasteiger partial charge in [-0.05, 0) is 143 Å². The van der Waals surface area contributed by atoms with Gasteiger partial charge in [-0.15, -0.1) is 0 Å². The smallest absolute Gasteiger partial charge is 0.399 e. The Balaban J connectivity index is 1.15. The van der Waals surface area contributed by atoms with Crippen LogP contribution in [0.2, 0.25) is 0 Å². The average molecular weight is 762 g/mol. The van der Waals surface area contributed by atoms with Gasteiger partial charge in [-0.3, -0.25) is 0 Å². The van der Waals surface area contributed by atoms with Gasteiger partial charge in [0.25, 0.3) is 0 Å². The number of hydrogen-bond donors (Lipinski definition) is 0. The predicted molar refractivity (Wildman–Crippen MR) is 241 cm³/mol. The van der Waals surface area contributed by atoms with Gasteiger partial charge in [0.05, 0.1) is 22.4 Å².